The van der Waals surface area contributed by atoms with E-state index in [1.807, 2.05) is 0 Å². The fourth-order valence-corrected chi connectivity index (χ4v) is 0.868. The van der Waals surface area contributed by atoms with Crippen LogP contribution in [0, 0.1) is 12.3 Å². The van der Waals surface area contributed by atoms with E-state index < -0.39 is 0 Å². The summed E-state index contributed by atoms with van der Waals surface area (Å²) in [7, 11) is 0. The Balaban J connectivity index is 2.68. The first-order valence-electron chi connectivity index (χ1n) is 3.81. The monoisotopic (exact) mass is 174 g/mol. The fraction of sp³-hybridized carbons (Fsp3) is 0.100. The van der Waals surface area contributed by atoms with Gasteiger partial charge in [-0.1, -0.05) is 5.92 Å². The second-order valence-electron chi connectivity index (χ2n) is 2.51. The summed E-state index contributed by atoms with van der Waals surface area (Å²) in [5, 5.41) is 2.55. The van der Waals surface area contributed by atoms with E-state index in [1.54, 1.807) is 24.3 Å². The number of terminal acetylenes is 1. The molecule has 0 aliphatic heterocycles. The highest BCUT2D eigenvalue weighted by Gasteiger charge is 2.01. The Morgan fingerprint density at radius 2 is 2.08 bits per heavy atom. The van der Waals surface area contributed by atoms with Gasteiger partial charge in [-0.3, -0.25) is 4.79 Å². The first-order valence-corrected chi connectivity index (χ1v) is 3.81. The lowest BCUT2D eigenvalue weighted by molar-refractivity contribution is 0.0959. The number of carbonyl (C=O) groups excluding carboxylic acids is 1. The molecule has 0 spiro atoms. The number of rotatable bonds is 2. The quantitative estimate of drug-likeness (QED) is 0.510. The van der Waals surface area contributed by atoms with Crippen LogP contribution in [0.5, 0.6) is 0 Å². The molecule has 0 heterocycles. The minimum Gasteiger partial charge on any atom is -0.399 e. The standard InChI is InChI=1S/C10H10N2O/c1-2-7-12-10(13)8-3-5-9(11)6-4-8/h1,3-6H,7,11H2,(H,12,13). The number of nitrogens with two attached hydrogens (primary N) is 1. The summed E-state index contributed by atoms with van der Waals surface area (Å²) in [4.78, 5) is 11.3. The summed E-state index contributed by atoms with van der Waals surface area (Å²) in [5.41, 5.74) is 6.66. The zero-order valence-corrected chi connectivity index (χ0v) is 7.08. The average Bonchev–Trinajstić information content (AvgIpc) is 2.15. The molecular formula is C10H10N2O. The van der Waals surface area contributed by atoms with Gasteiger partial charge in [0.05, 0.1) is 6.54 Å². The maximum absolute atomic E-state index is 11.3. The van der Waals surface area contributed by atoms with Crippen molar-refractivity contribution in [1.82, 2.24) is 5.32 Å². The van der Waals surface area contributed by atoms with Crippen LogP contribution < -0.4 is 11.1 Å². The molecule has 13 heavy (non-hydrogen) atoms. The second-order valence-corrected chi connectivity index (χ2v) is 2.51. The minimum atomic E-state index is -0.182. The van der Waals surface area contributed by atoms with Gasteiger partial charge in [0.1, 0.15) is 0 Å². The number of hydrogen-bond acceptors (Lipinski definition) is 2. The molecule has 3 nitrogen and oxygen atoms in total. The van der Waals surface area contributed by atoms with E-state index in [9.17, 15) is 4.79 Å². The molecule has 0 fully saturated rings. The number of nitrogen functional groups attached to an aromatic ring is 1. The molecule has 0 aliphatic carbocycles. The van der Waals surface area contributed by atoms with Crippen LogP contribution in [-0.2, 0) is 0 Å². The third kappa shape index (κ3) is 2.53. The van der Waals surface area contributed by atoms with Gasteiger partial charge in [0, 0.05) is 11.3 Å². The van der Waals surface area contributed by atoms with Crippen molar-refractivity contribution in [3.05, 3.63) is 29.8 Å². The molecule has 1 rings (SSSR count). The van der Waals surface area contributed by atoms with Crippen LogP contribution in [0.25, 0.3) is 0 Å². The summed E-state index contributed by atoms with van der Waals surface area (Å²) < 4.78 is 0. The molecule has 0 aliphatic rings. The van der Waals surface area contributed by atoms with Crippen LogP contribution in [0.3, 0.4) is 0 Å². The second kappa shape index (κ2) is 4.17. The summed E-state index contributed by atoms with van der Waals surface area (Å²) >= 11 is 0. The van der Waals surface area contributed by atoms with Crippen LogP contribution in [0.15, 0.2) is 24.3 Å². The molecule has 0 radical (unpaired) electrons. The molecule has 0 saturated carbocycles. The minimum absolute atomic E-state index is 0.182. The van der Waals surface area contributed by atoms with Crippen molar-refractivity contribution in [2.75, 3.05) is 12.3 Å². The zero-order valence-electron chi connectivity index (χ0n) is 7.08. The molecule has 0 aromatic heterocycles. The molecule has 1 aromatic rings. The van der Waals surface area contributed by atoms with Crippen molar-refractivity contribution in [1.29, 1.82) is 0 Å². The lowest BCUT2D eigenvalue weighted by Gasteiger charge is -2.00. The number of carbonyl (C=O) groups is 1. The van der Waals surface area contributed by atoms with Gasteiger partial charge >= 0.3 is 0 Å². The topological polar surface area (TPSA) is 55.1 Å². The number of nitrogens with one attached hydrogen (secondary N) is 1. The predicted molar refractivity (Wildman–Crippen MR) is 52.0 cm³/mol. The maximum Gasteiger partial charge on any atom is 0.252 e. The van der Waals surface area contributed by atoms with Crippen molar-refractivity contribution < 1.29 is 4.79 Å². The van der Waals surface area contributed by atoms with E-state index in [0.717, 1.165) is 0 Å². The fourth-order valence-electron chi connectivity index (χ4n) is 0.868. The molecule has 0 unspecified atom stereocenters. The molecule has 3 heteroatoms. The Labute approximate surface area is 76.9 Å². The smallest absolute Gasteiger partial charge is 0.252 e. The van der Waals surface area contributed by atoms with E-state index in [1.165, 1.54) is 0 Å². The normalized spacial score (nSPS) is 8.85. The first kappa shape index (κ1) is 9.14. The third-order valence-corrected chi connectivity index (χ3v) is 1.52. The maximum atomic E-state index is 11.3. The van der Waals surface area contributed by atoms with Gasteiger partial charge in [-0.05, 0) is 24.3 Å². The van der Waals surface area contributed by atoms with E-state index in [-0.39, 0.29) is 12.5 Å². The van der Waals surface area contributed by atoms with Gasteiger partial charge in [-0.2, -0.15) is 0 Å². The molecule has 1 aromatic carbocycles. The van der Waals surface area contributed by atoms with Crippen LogP contribution in [-0.4, -0.2) is 12.5 Å². The molecule has 0 saturated heterocycles. The lowest BCUT2D eigenvalue weighted by Crippen LogP contribution is -2.23. The molecule has 1 amide bonds. The number of hydrogen-bond donors (Lipinski definition) is 2. The Hall–Kier alpha value is -1.95. The van der Waals surface area contributed by atoms with Gasteiger partial charge in [-0.15, -0.1) is 6.42 Å². The third-order valence-electron chi connectivity index (χ3n) is 1.52. The van der Waals surface area contributed by atoms with Gasteiger partial charge < -0.3 is 11.1 Å². The predicted octanol–water partition coefficient (Wildman–Crippen LogP) is 0.632. The summed E-state index contributed by atoms with van der Waals surface area (Å²) in [6, 6.07) is 6.65. The Morgan fingerprint density at radius 1 is 1.46 bits per heavy atom. The van der Waals surface area contributed by atoms with Gasteiger partial charge in [0.2, 0.25) is 0 Å². The summed E-state index contributed by atoms with van der Waals surface area (Å²) in [6.07, 6.45) is 4.99. The van der Waals surface area contributed by atoms with Crippen molar-refractivity contribution in [3.8, 4) is 12.3 Å². The van der Waals surface area contributed by atoms with Gasteiger partial charge in [0.15, 0.2) is 0 Å². The van der Waals surface area contributed by atoms with Crippen LogP contribution >= 0.6 is 0 Å². The zero-order chi connectivity index (χ0) is 9.68. The molecule has 0 bridgehead atoms. The average molecular weight is 174 g/mol. The van der Waals surface area contributed by atoms with Gasteiger partial charge in [0.25, 0.3) is 5.91 Å². The molecule has 66 valence electrons. The summed E-state index contributed by atoms with van der Waals surface area (Å²) in [6.45, 7) is 0.239. The largest absolute Gasteiger partial charge is 0.399 e. The Bertz CT molecular complexity index is 335. The number of anilines is 1. The molecule has 0 atom stereocenters. The Morgan fingerprint density at radius 3 is 2.62 bits per heavy atom. The van der Waals surface area contributed by atoms with Crippen LogP contribution in [0.1, 0.15) is 10.4 Å². The summed E-state index contributed by atoms with van der Waals surface area (Å²) in [5.74, 6) is 2.14. The Kier molecular flexibility index (Phi) is 2.93. The van der Waals surface area contributed by atoms with E-state index in [2.05, 4.69) is 11.2 Å². The highest BCUT2D eigenvalue weighted by atomic mass is 16.1. The SMILES string of the molecule is C#CCNC(=O)c1ccc(N)cc1. The van der Waals surface area contributed by atoms with E-state index in [0.29, 0.717) is 11.3 Å². The van der Waals surface area contributed by atoms with E-state index >= 15 is 0 Å². The highest BCUT2D eigenvalue weighted by molar-refractivity contribution is 5.94. The highest BCUT2D eigenvalue weighted by Crippen LogP contribution is 2.04. The van der Waals surface area contributed by atoms with Crippen molar-refractivity contribution >= 4 is 11.6 Å². The van der Waals surface area contributed by atoms with Gasteiger partial charge in [-0.25, -0.2) is 0 Å². The van der Waals surface area contributed by atoms with Crippen LogP contribution in [0.2, 0.25) is 0 Å². The molecule has 3 N–H and O–H groups in total. The number of amides is 1. The van der Waals surface area contributed by atoms with Crippen LogP contribution in [0.4, 0.5) is 5.69 Å². The van der Waals surface area contributed by atoms with Crippen molar-refractivity contribution in [2.45, 2.75) is 0 Å². The van der Waals surface area contributed by atoms with Crippen molar-refractivity contribution in [2.24, 2.45) is 0 Å². The molecular weight excluding hydrogens is 164 g/mol. The van der Waals surface area contributed by atoms with E-state index in [4.69, 9.17) is 12.2 Å². The first-order chi connectivity index (χ1) is 6.24. The lowest BCUT2D eigenvalue weighted by atomic mass is 10.2. The number of benzene rings is 1. The van der Waals surface area contributed by atoms with Crippen molar-refractivity contribution in [3.63, 3.8) is 0 Å².